The largest absolute Gasteiger partial charge is 0.497 e. The van der Waals surface area contributed by atoms with E-state index in [0.29, 0.717) is 6.42 Å². The Hall–Kier alpha value is -2.30. The molecule has 5 nitrogen and oxygen atoms in total. The molecule has 0 N–H and O–H groups in total. The molecule has 118 valence electrons. The summed E-state index contributed by atoms with van der Waals surface area (Å²) in [6.45, 7) is 5.32. The van der Waals surface area contributed by atoms with Crippen LogP contribution in [0.1, 0.15) is 32.8 Å². The molecule has 0 aliphatic carbocycles. The minimum atomic E-state index is -0.617. The Morgan fingerprint density at radius 1 is 1.36 bits per heavy atom. The highest BCUT2D eigenvalue weighted by molar-refractivity contribution is 5.98. The van der Waals surface area contributed by atoms with Gasteiger partial charge in [0.1, 0.15) is 11.4 Å². The van der Waals surface area contributed by atoms with E-state index >= 15 is 0 Å². The van der Waals surface area contributed by atoms with E-state index in [1.54, 1.807) is 27.9 Å². The van der Waals surface area contributed by atoms with Gasteiger partial charge in [0.2, 0.25) is 5.91 Å². The van der Waals surface area contributed by atoms with Gasteiger partial charge in [-0.15, -0.1) is 0 Å². The number of imide groups is 1. The van der Waals surface area contributed by atoms with Crippen molar-refractivity contribution in [3.63, 3.8) is 0 Å². The van der Waals surface area contributed by atoms with Crippen molar-refractivity contribution in [2.75, 3.05) is 7.11 Å². The standard InChI is InChI=1S/C17H21NO4/c1-17(2,3)22-16(20)18-13(11-15(18)19)9-8-12-6-5-7-14(10-12)21-4/h5-10,13H,11H2,1-4H3/b9-8+. The highest BCUT2D eigenvalue weighted by Gasteiger charge is 2.41. The normalized spacial score (nSPS) is 18.3. The molecule has 1 aliphatic heterocycles. The Bertz CT molecular complexity index is 601. The number of ether oxygens (including phenoxy) is 2. The fraction of sp³-hybridized carbons (Fsp3) is 0.412. The predicted octanol–water partition coefficient (Wildman–Crippen LogP) is 3.24. The number of benzene rings is 1. The first-order chi connectivity index (χ1) is 10.3. The van der Waals surface area contributed by atoms with Crippen LogP contribution in [0.5, 0.6) is 5.75 Å². The van der Waals surface area contributed by atoms with Gasteiger partial charge >= 0.3 is 6.09 Å². The fourth-order valence-electron chi connectivity index (χ4n) is 2.11. The molecule has 0 radical (unpaired) electrons. The number of nitrogens with zero attached hydrogens (tertiary/aromatic N) is 1. The summed E-state index contributed by atoms with van der Waals surface area (Å²) in [4.78, 5) is 24.8. The second-order valence-corrected chi connectivity index (χ2v) is 6.15. The van der Waals surface area contributed by atoms with E-state index in [1.165, 1.54) is 0 Å². The highest BCUT2D eigenvalue weighted by atomic mass is 16.6. The zero-order chi connectivity index (χ0) is 16.3. The van der Waals surface area contributed by atoms with Gasteiger partial charge in [0.05, 0.1) is 19.6 Å². The maximum Gasteiger partial charge on any atom is 0.417 e. The minimum absolute atomic E-state index is 0.213. The van der Waals surface area contributed by atoms with Crippen molar-refractivity contribution in [2.45, 2.75) is 38.8 Å². The monoisotopic (exact) mass is 303 g/mol. The van der Waals surface area contributed by atoms with E-state index < -0.39 is 11.7 Å². The SMILES string of the molecule is COc1cccc(/C=C/C2CC(=O)N2C(=O)OC(C)(C)C)c1. The summed E-state index contributed by atoms with van der Waals surface area (Å²) < 4.78 is 10.4. The maximum atomic E-state index is 12.0. The van der Waals surface area contributed by atoms with Crippen molar-refractivity contribution in [2.24, 2.45) is 0 Å². The van der Waals surface area contributed by atoms with E-state index in [2.05, 4.69) is 0 Å². The van der Waals surface area contributed by atoms with Crippen molar-refractivity contribution in [1.82, 2.24) is 4.90 Å². The molecule has 1 aromatic carbocycles. The zero-order valence-electron chi connectivity index (χ0n) is 13.3. The molecule has 2 amide bonds. The Balaban J connectivity index is 2.04. The van der Waals surface area contributed by atoms with Crippen molar-refractivity contribution in [3.05, 3.63) is 35.9 Å². The molecule has 2 rings (SSSR count). The van der Waals surface area contributed by atoms with Crippen LogP contribution >= 0.6 is 0 Å². The van der Waals surface area contributed by atoms with Gasteiger partial charge in [-0.1, -0.05) is 24.3 Å². The number of carbonyl (C=O) groups excluding carboxylic acids is 2. The summed E-state index contributed by atoms with van der Waals surface area (Å²) >= 11 is 0. The van der Waals surface area contributed by atoms with Crippen molar-refractivity contribution < 1.29 is 19.1 Å². The van der Waals surface area contributed by atoms with Crippen LogP contribution in [0.3, 0.4) is 0 Å². The van der Waals surface area contributed by atoms with Gasteiger partial charge < -0.3 is 9.47 Å². The lowest BCUT2D eigenvalue weighted by Gasteiger charge is -2.37. The summed E-state index contributed by atoms with van der Waals surface area (Å²) in [7, 11) is 1.61. The minimum Gasteiger partial charge on any atom is -0.497 e. The number of carbonyl (C=O) groups is 2. The first-order valence-electron chi connectivity index (χ1n) is 7.17. The number of β-lactam (4-membered cyclic amide) rings is 1. The highest BCUT2D eigenvalue weighted by Crippen LogP contribution is 2.25. The van der Waals surface area contributed by atoms with Crippen LogP contribution in [0.2, 0.25) is 0 Å². The molecule has 5 heteroatoms. The molecule has 1 fully saturated rings. The summed E-state index contributed by atoms with van der Waals surface area (Å²) in [5.74, 6) is 0.547. The lowest BCUT2D eigenvalue weighted by atomic mass is 10.0. The van der Waals surface area contributed by atoms with Crippen LogP contribution in [-0.2, 0) is 9.53 Å². The van der Waals surface area contributed by atoms with E-state index in [0.717, 1.165) is 16.2 Å². The number of amides is 2. The quantitative estimate of drug-likeness (QED) is 0.804. The lowest BCUT2D eigenvalue weighted by molar-refractivity contribution is -0.141. The third-order valence-electron chi connectivity index (χ3n) is 3.18. The second kappa shape index (κ2) is 6.22. The van der Waals surface area contributed by atoms with Gasteiger partial charge in [0.25, 0.3) is 0 Å². The first-order valence-corrected chi connectivity index (χ1v) is 7.17. The van der Waals surface area contributed by atoms with E-state index in [1.807, 2.05) is 36.4 Å². The van der Waals surface area contributed by atoms with Crippen LogP contribution in [0, 0.1) is 0 Å². The fourth-order valence-corrected chi connectivity index (χ4v) is 2.11. The Morgan fingerprint density at radius 3 is 2.68 bits per heavy atom. The molecule has 1 saturated heterocycles. The van der Waals surface area contributed by atoms with Gasteiger partial charge in [0.15, 0.2) is 0 Å². The molecule has 0 spiro atoms. The Kier molecular flexibility index (Phi) is 4.54. The summed E-state index contributed by atoms with van der Waals surface area (Å²) in [5.41, 5.74) is 0.330. The van der Waals surface area contributed by atoms with Crippen LogP contribution in [-0.4, -0.2) is 35.7 Å². The predicted molar refractivity (Wildman–Crippen MR) is 83.5 cm³/mol. The molecule has 1 atom stereocenters. The van der Waals surface area contributed by atoms with E-state index in [9.17, 15) is 9.59 Å². The van der Waals surface area contributed by atoms with Crippen molar-refractivity contribution in [3.8, 4) is 5.75 Å². The van der Waals surface area contributed by atoms with Gasteiger partial charge in [-0.2, -0.15) is 0 Å². The zero-order valence-corrected chi connectivity index (χ0v) is 13.3. The van der Waals surface area contributed by atoms with E-state index in [-0.39, 0.29) is 11.9 Å². The number of hydrogen-bond acceptors (Lipinski definition) is 4. The molecule has 1 heterocycles. The van der Waals surface area contributed by atoms with Crippen LogP contribution in [0.25, 0.3) is 6.08 Å². The molecular weight excluding hydrogens is 282 g/mol. The third-order valence-corrected chi connectivity index (χ3v) is 3.18. The van der Waals surface area contributed by atoms with E-state index in [4.69, 9.17) is 9.47 Å². The summed E-state index contributed by atoms with van der Waals surface area (Å²) in [5, 5.41) is 0. The first kappa shape index (κ1) is 16.1. The molecule has 0 bridgehead atoms. The lowest BCUT2D eigenvalue weighted by Crippen LogP contribution is -2.55. The Morgan fingerprint density at radius 2 is 2.09 bits per heavy atom. The molecule has 1 aromatic rings. The van der Waals surface area contributed by atoms with Crippen molar-refractivity contribution >= 4 is 18.1 Å². The average molecular weight is 303 g/mol. The van der Waals surface area contributed by atoms with Crippen molar-refractivity contribution in [1.29, 1.82) is 0 Å². The van der Waals surface area contributed by atoms with Gasteiger partial charge in [-0.3, -0.25) is 4.79 Å². The van der Waals surface area contributed by atoms with Crippen LogP contribution in [0.4, 0.5) is 4.79 Å². The molecule has 22 heavy (non-hydrogen) atoms. The van der Waals surface area contributed by atoms with Gasteiger partial charge in [-0.05, 0) is 38.5 Å². The number of hydrogen-bond donors (Lipinski definition) is 0. The number of likely N-dealkylation sites (tertiary alicyclic amines) is 1. The molecular formula is C17H21NO4. The summed E-state index contributed by atoms with van der Waals surface area (Å²) in [6, 6.07) is 7.30. The molecule has 1 unspecified atom stereocenters. The van der Waals surface area contributed by atoms with Gasteiger partial charge in [-0.25, -0.2) is 9.69 Å². The smallest absolute Gasteiger partial charge is 0.417 e. The molecule has 0 saturated carbocycles. The topological polar surface area (TPSA) is 55.8 Å². The van der Waals surface area contributed by atoms with Crippen LogP contribution < -0.4 is 4.74 Å². The second-order valence-electron chi connectivity index (χ2n) is 6.15. The van der Waals surface area contributed by atoms with Crippen LogP contribution in [0.15, 0.2) is 30.3 Å². The molecule has 1 aliphatic rings. The molecule has 0 aromatic heterocycles. The third kappa shape index (κ3) is 3.87. The summed E-state index contributed by atoms with van der Waals surface area (Å²) in [6.07, 6.45) is 3.43. The maximum absolute atomic E-state index is 12.0. The Labute approximate surface area is 130 Å². The number of rotatable bonds is 3. The van der Waals surface area contributed by atoms with Gasteiger partial charge in [0, 0.05) is 0 Å². The number of methoxy groups -OCH3 is 1. The average Bonchev–Trinajstić information content (AvgIpc) is 2.41.